The smallest absolute Gasteiger partial charge is 0.243 e. The van der Waals surface area contributed by atoms with Gasteiger partial charge in [-0.1, -0.05) is 30.1 Å². The number of hydrogen-bond donors (Lipinski definition) is 1. The number of aliphatic hydroxyl groups excluding tert-OH is 1. The van der Waals surface area contributed by atoms with Gasteiger partial charge >= 0.3 is 0 Å². The van der Waals surface area contributed by atoms with Crippen molar-refractivity contribution in [1.82, 2.24) is 4.31 Å². The molecule has 1 N–H and O–H groups in total. The number of hydrogen-bond acceptors (Lipinski definition) is 3. The molecule has 7 heteroatoms. The molecule has 0 bridgehead atoms. The molecule has 1 rings (SSSR count). The Labute approximate surface area is 111 Å². The van der Waals surface area contributed by atoms with Crippen molar-refractivity contribution in [2.24, 2.45) is 0 Å². The topological polar surface area (TPSA) is 57.6 Å². The van der Waals surface area contributed by atoms with E-state index in [1.165, 1.54) is 18.2 Å². The molecule has 0 aliphatic carbocycles. The molecule has 0 unspecified atom stereocenters. The average molecular weight is 298 g/mol. The predicted molar refractivity (Wildman–Crippen MR) is 68.0 cm³/mol. The number of aliphatic hydroxyl groups is 1. The number of sulfonamides is 1. The van der Waals surface area contributed by atoms with Gasteiger partial charge < -0.3 is 5.11 Å². The molecule has 0 atom stereocenters. The van der Waals surface area contributed by atoms with Crippen LogP contribution in [0.5, 0.6) is 0 Å². The molecule has 0 saturated carbocycles. The van der Waals surface area contributed by atoms with E-state index in [2.05, 4.69) is 0 Å². The predicted octanol–water partition coefficient (Wildman–Crippen LogP) is 2.00. The highest BCUT2D eigenvalue weighted by Crippen LogP contribution is 2.24. The van der Waals surface area contributed by atoms with E-state index in [0.717, 1.165) is 4.31 Å². The highest BCUT2D eigenvalue weighted by Gasteiger charge is 2.23. The Kier molecular flexibility index (Phi) is 5.22. The molecule has 0 aliphatic rings. The lowest BCUT2D eigenvalue weighted by atomic mass is 10.4. The molecule has 96 valence electrons. The van der Waals surface area contributed by atoms with Crippen LogP contribution in [0, 0.1) is 0 Å². The summed E-state index contributed by atoms with van der Waals surface area (Å²) in [5.74, 6) is 0. The molecular formula is C10H13Cl2NO3S. The summed E-state index contributed by atoms with van der Waals surface area (Å²) < 4.78 is 25.5. The maximum atomic E-state index is 12.2. The standard InChI is InChI=1S/C10H13Cl2NO3S/c1-2-13(3-4-14)17(15,16)10-6-8(11)5-9(12)7-10/h5-7,14H,2-4H2,1H3. The molecular weight excluding hydrogens is 285 g/mol. The summed E-state index contributed by atoms with van der Waals surface area (Å²) in [4.78, 5) is 0.0327. The highest BCUT2D eigenvalue weighted by atomic mass is 35.5. The van der Waals surface area contributed by atoms with Crippen molar-refractivity contribution < 1.29 is 13.5 Å². The van der Waals surface area contributed by atoms with Gasteiger partial charge in [-0.15, -0.1) is 0 Å². The molecule has 1 aromatic rings. The first-order valence-corrected chi connectivity index (χ1v) is 7.18. The summed E-state index contributed by atoms with van der Waals surface area (Å²) in [6.45, 7) is 1.77. The highest BCUT2D eigenvalue weighted by molar-refractivity contribution is 7.89. The fourth-order valence-electron chi connectivity index (χ4n) is 1.39. The van der Waals surface area contributed by atoms with E-state index >= 15 is 0 Å². The molecule has 0 heterocycles. The number of nitrogens with zero attached hydrogens (tertiary/aromatic N) is 1. The summed E-state index contributed by atoms with van der Waals surface area (Å²) in [6, 6.07) is 4.13. The Balaban J connectivity index is 3.20. The van der Waals surface area contributed by atoms with Crippen LogP contribution in [0.15, 0.2) is 23.1 Å². The summed E-state index contributed by atoms with van der Waals surface area (Å²) in [7, 11) is -3.65. The van der Waals surface area contributed by atoms with Gasteiger partial charge in [-0.25, -0.2) is 8.42 Å². The lowest BCUT2D eigenvalue weighted by molar-refractivity contribution is 0.257. The Morgan fingerprint density at radius 2 is 1.76 bits per heavy atom. The van der Waals surface area contributed by atoms with Gasteiger partial charge in [0.15, 0.2) is 0 Å². The van der Waals surface area contributed by atoms with E-state index in [0.29, 0.717) is 0 Å². The van der Waals surface area contributed by atoms with Crippen LogP contribution in [0.2, 0.25) is 10.0 Å². The molecule has 0 aromatic heterocycles. The van der Waals surface area contributed by atoms with Crippen LogP contribution in [0.3, 0.4) is 0 Å². The number of rotatable bonds is 5. The van der Waals surface area contributed by atoms with E-state index < -0.39 is 10.0 Å². The third kappa shape index (κ3) is 3.56. The molecule has 0 radical (unpaired) electrons. The van der Waals surface area contributed by atoms with Crippen molar-refractivity contribution in [2.75, 3.05) is 19.7 Å². The van der Waals surface area contributed by atoms with E-state index in [4.69, 9.17) is 28.3 Å². The normalized spacial score (nSPS) is 12.1. The van der Waals surface area contributed by atoms with E-state index in [-0.39, 0.29) is 34.6 Å². The summed E-state index contributed by atoms with van der Waals surface area (Å²) >= 11 is 11.5. The van der Waals surface area contributed by atoms with E-state index in [9.17, 15) is 8.42 Å². The third-order valence-corrected chi connectivity index (χ3v) is 4.56. The minimum absolute atomic E-state index is 0.0327. The summed E-state index contributed by atoms with van der Waals surface area (Å²) in [5, 5.41) is 9.35. The maximum absolute atomic E-state index is 12.2. The van der Waals surface area contributed by atoms with Crippen LogP contribution in [0.4, 0.5) is 0 Å². The first kappa shape index (κ1) is 14.7. The Morgan fingerprint density at radius 1 is 1.24 bits per heavy atom. The maximum Gasteiger partial charge on any atom is 0.243 e. The van der Waals surface area contributed by atoms with Crippen LogP contribution in [-0.4, -0.2) is 37.5 Å². The van der Waals surface area contributed by atoms with Crippen molar-refractivity contribution in [3.8, 4) is 0 Å². The average Bonchev–Trinajstić information content (AvgIpc) is 2.24. The van der Waals surface area contributed by atoms with Crippen molar-refractivity contribution in [2.45, 2.75) is 11.8 Å². The Bertz CT molecular complexity index is 470. The van der Waals surface area contributed by atoms with Crippen LogP contribution in [0.25, 0.3) is 0 Å². The third-order valence-electron chi connectivity index (χ3n) is 2.18. The second-order valence-electron chi connectivity index (χ2n) is 3.33. The quantitative estimate of drug-likeness (QED) is 0.904. The van der Waals surface area contributed by atoms with Gasteiger partial charge in [0, 0.05) is 23.1 Å². The van der Waals surface area contributed by atoms with Crippen LogP contribution in [0.1, 0.15) is 6.92 Å². The van der Waals surface area contributed by atoms with Gasteiger partial charge in [-0.05, 0) is 18.2 Å². The lowest BCUT2D eigenvalue weighted by Gasteiger charge is -2.19. The molecule has 0 aliphatic heterocycles. The van der Waals surface area contributed by atoms with Gasteiger partial charge in [0.1, 0.15) is 0 Å². The molecule has 0 spiro atoms. The number of halogens is 2. The fraction of sp³-hybridized carbons (Fsp3) is 0.400. The second kappa shape index (κ2) is 6.02. The van der Waals surface area contributed by atoms with E-state index in [1.54, 1.807) is 6.92 Å². The zero-order valence-electron chi connectivity index (χ0n) is 9.23. The molecule has 0 saturated heterocycles. The largest absolute Gasteiger partial charge is 0.395 e. The summed E-state index contributed by atoms with van der Waals surface area (Å²) in [6.07, 6.45) is 0. The molecule has 0 fully saturated rings. The van der Waals surface area contributed by atoms with Gasteiger partial charge in [-0.2, -0.15) is 4.31 Å². The molecule has 1 aromatic carbocycles. The lowest BCUT2D eigenvalue weighted by Crippen LogP contribution is -2.33. The molecule has 17 heavy (non-hydrogen) atoms. The second-order valence-corrected chi connectivity index (χ2v) is 6.14. The number of benzene rings is 1. The van der Waals surface area contributed by atoms with Crippen molar-refractivity contribution in [1.29, 1.82) is 0 Å². The first-order chi connectivity index (χ1) is 7.91. The van der Waals surface area contributed by atoms with Crippen LogP contribution >= 0.6 is 23.2 Å². The van der Waals surface area contributed by atoms with Crippen LogP contribution < -0.4 is 0 Å². The monoisotopic (exact) mass is 297 g/mol. The van der Waals surface area contributed by atoms with Crippen molar-refractivity contribution >= 4 is 33.2 Å². The summed E-state index contributed by atoms with van der Waals surface area (Å²) in [5.41, 5.74) is 0. The first-order valence-electron chi connectivity index (χ1n) is 4.99. The Morgan fingerprint density at radius 3 is 2.18 bits per heavy atom. The van der Waals surface area contributed by atoms with Gasteiger partial charge in [0.05, 0.1) is 11.5 Å². The molecule has 4 nitrogen and oxygen atoms in total. The minimum atomic E-state index is -3.65. The Hall–Kier alpha value is -0.330. The SMILES string of the molecule is CCN(CCO)S(=O)(=O)c1cc(Cl)cc(Cl)c1. The number of likely N-dealkylation sites (N-methyl/N-ethyl adjacent to an activating group) is 1. The van der Waals surface area contributed by atoms with Gasteiger partial charge in [0.2, 0.25) is 10.0 Å². The van der Waals surface area contributed by atoms with Gasteiger partial charge in [-0.3, -0.25) is 0 Å². The minimum Gasteiger partial charge on any atom is -0.395 e. The van der Waals surface area contributed by atoms with Crippen molar-refractivity contribution in [3.63, 3.8) is 0 Å². The zero-order chi connectivity index (χ0) is 13.1. The van der Waals surface area contributed by atoms with Crippen LogP contribution in [-0.2, 0) is 10.0 Å². The van der Waals surface area contributed by atoms with Gasteiger partial charge in [0.25, 0.3) is 0 Å². The zero-order valence-corrected chi connectivity index (χ0v) is 11.6. The molecule has 0 amide bonds. The fourth-order valence-corrected chi connectivity index (χ4v) is 3.55. The van der Waals surface area contributed by atoms with Crippen molar-refractivity contribution in [3.05, 3.63) is 28.2 Å². The van der Waals surface area contributed by atoms with E-state index in [1.807, 2.05) is 0 Å².